The van der Waals surface area contributed by atoms with Crippen LogP contribution in [0.25, 0.3) is 0 Å². The molecule has 0 atom stereocenters. The van der Waals surface area contributed by atoms with Gasteiger partial charge in [0.1, 0.15) is 17.9 Å². The first-order valence-electron chi connectivity index (χ1n) is 15.0. The normalized spacial score (nSPS) is 16.2. The van der Waals surface area contributed by atoms with E-state index >= 15 is 0 Å². The number of halogens is 1. The van der Waals surface area contributed by atoms with E-state index in [-0.39, 0.29) is 36.8 Å². The fourth-order valence-corrected chi connectivity index (χ4v) is 6.06. The molecule has 0 aromatic heterocycles. The van der Waals surface area contributed by atoms with E-state index in [1.54, 1.807) is 4.90 Å². The topological polar surface area (TPSA) is 73.0 Å². The molecule has 0 unspecified atom stereocenters. The van der Waals surface area contributed by atoms with Gasteiger partial charge < -0.3 is 20.0 Å². The molecule has 3 aromatic rings. The van der Waals surface area contributed by atoms with Crippen molar-refractivity contribution in [3.63, 3.8) is 0 Å². The summed E-state index contributed by atoms with van der Waals surface area (Å²) < 4.78 is 13.3. The first-order valence-corrected chi connectivity index (χ1v) is 15.0. The molecular formula is C34H39FN4O3. The second-order valence-electron chi connectivity index (χ2n) is 11.3. The van der Waals surface area contributed by atoms with Crippen LogP contribution in [0.3, 0.4) is 0 Å². The Morgan fingerprint density at radius 1 is 0.881 bits per heavy atom. The highest BCUT2D eigenvalue weighted by atomic mass is 19.1. The third-order valence-electron chi connectivity index (χ3n) is 8.44. The molecule has 220 valence electrons. The van der Waals surface area contributed by atoms with Gasteiger partial charge in [-0.3, -0.25) is 14.4 Å². The summed E-state index contributed by atoms with van der Waals surface area (Å²) in [6, 6.07) is 23.2. The third kappa shape index (κ3) is 6.48. The number of aryl methyl sites for hydroxylation is 1. The van der Waals surface area contributed by atoms with E-state index in [1.807, 2.05) is 47.4 Å². The Kier molecular flexibility index (Phi) is 9.20. The van der Waals surface area contributed by atoms with Gasteiger partial charge in [-0.15, -0.1) is 0 Å². The van der Waals surface area contributed by atoms with Crippen molar-refractivity contribution in [3.05, 3.63) is 95.8 Å². The second kappa shape index (κ2) is 13.2. The summed E-state index contributed by atoms with van der Waals surface area (Å²) >= 11 is 0. The molecule has 7 nitrogen and oxygen atoms in total. The number of rotatable bonds is 10. The van der Waals surface area contributed by atoms with Gasteiger partial charge in [-0.05, 0) is 79.8 Å². The molecule has 2 aliphatic heterocycles. The molecule has 3 aromatic carbocycles. The average molecular weight is 571 g/mol. The van der Waals surface area contributed by atoms with E-state index in [4.69, 9.17) is 0 Å². The number of carbonyl (C=O) groups excluding carboxylic acids is 3. The zero-order valence-electron chi connectivity index (χ0n) is 24.2. The van der Waals surface area contributed by atoms with Crippen molar-refractivity contribution in [1.29, 1.82) is 0 Å². The maximum Gasteiger partial charge on any atom is 0.253 e. The van der Waals surface area contributed by atoms with Crippen LogP contribution in [0.5, 0.6) is 0 Å². The first-order chi connectivity index (χ1) is 20.4. The Balaban J connectivity index is 1.25. The minimum absolute atomic E-state index is 0.0189. The smallest absolute Gasteiger partial charge is 0.253 e. The van der Waals surface area contributed by atoms with Crippen molar-refractivity contribution in [2.75, 3.05) is 36.5 Å². The van der Waals surface area contributed by atoms with Crippen LogP contribution in [-0.4, -0.2) is 59.4 Å². The molecular weight excluding hydrogens is 531 g/mol. The maximum absolute atomic E-state index is 14.0. The molecule has 0 aliphatic carbocycles. The predicted molar refractivity (Wildman–Crippen MR) is 163 cm³/mol. The summed E-state index contributed by atoms with van der Waals surface area (Å²) in [7, 11) is 0. The molecule has 2 aliphatic rings. The maximum atomic E-state index is 14.0. The molecule has 0 bridgehead atoms. The lowest BCUT2D eigenvalue weighted by atomic mass is 9.85. The van der Waals surface area contributed by atoms with Crippen molar-refractivity contribution >= 4 is 29.1 Å². The van der Waals surface area contributed by atoms with E-state index < -0.39 is 5.54 Å². The van der Waals surface area contributed by atoms with Gasteiger partial charge in [0.15, 0.2) is 0 Å². The van der Waals surface area contributed by atoms with Crippen molar-refractivity contribution in [2.45, 2.75) is 57.4 Å². The number of hydrogen-bond acceptors (Lipinski definition) is 4. The summed E-state index contributed by atoms with van der Waals surface area (Å²) in [5.41, 5.74) is 2.45. The van der Waals surface area contributed by atoms with Crippen molar-refractivity contribution in [3.8, 4) is 0 Å². The van der Waals surface area contributed by atoms with Gasteiger partial charge in [-0.2, -0.15) is 0 Å². The molecule has 0 saturated carbocycles. The molecule has 2 saturated heterocycles. The summed E-state index contributed by atoms with van der Waals surface area (Å²) in [5, 5.41) is 2.75. The Hall–Kier alpha value is -4.20. The number of anilines is 2. The van der Waals surface area contributed by atoms with Crippen molar-refractivity contribution in [2.24, 2.45) is 0 Å². The van der Waals surface area contributed by atoms with E-state index in [1.165, 1.54) is 49.1 Å². The average Bonchev–Trinajstić information content (AvgIpc) is 3.27. The molecule has 2 fully saturated rings. The number of carbonyl (C=O) groups is 3. The van der Waals surface area contributed by atoms with Crippen molar-refractivity contribution in [1.82, 2.24) is 9.80 Å². The van der Waals surface area contributed by atoms with Gasteiger partial charge in [-0.1, -0.05) is 56.5 Å². The minimum atomic E-state index is -0.837. The number of piperidine rings is 1. The number of para-hydroxylation sites is 1. The van der Waals surface area contributed by atoms with Crippen molar-refractivity contribution < 1.29 is 18.8 Å². The Morgan fingerprint density at radius 3 is 2.24 bits per heavy atom. The number of benzene rings is 3. The predicted octanol–water partition coefficient (Wildman–Crippen LogP) is 5.87. The highest BCUT2D eigenvalue weighted by Crippen LogP contribution is 2.39. The van der Waals surface area contributed by atoms with E-state index in [9.17, 15) is 18.8 Å². The first kappa shape index (κ1) is 29.3. The number of amides is 3. The fraction of sp³-hybridized carbons (Fsp3) is 0.382. The number of nitrogens with one attached hydrogen (secondary N) is 1. The standard InChI is InChI=1S/C34H39FN4O3/c1-2-3-4-6-9-26-12-14-27(15-13-26)32(41)37-22-20-34(21-23-37)33(42)38(25-39(34)30-10-7-5-8-11-30)24-31(40)36-29-18-16-28(35)17-19-29/h5,7-8,10-19H,2-4,6,9,20-25H2,1H3,(H,36,40). The monoisotopic (exact) mass is 570 g/mol. The van der Waals surface area contributed by atoms with Gasteiger partial charge in [0.05, 0.1) is 6.67 Å². The van der Waals surface area contributed by atoms with Crippen LogP contribution in [-0.2, 0) is 16.0 Å². The largest absolute Gasteiger partial charge is 0.339 e. The zero-order valence-corrected chi connectivity index (χ0v) is 24.2. The van der Waals surface area contributed by atoms with Gasteiger partial charge in [0.2, 0.25) is 5.91 Å². The van der Waals surface area contributed by atoms with Crippen LogP contribution in [0.15, 0.2) is 78.9 Å². The zero-order chi connectivity index (χ0) is 29.5. The molecule has 2 heterocycles. The molecule has 1 N–H and O–H groups in total. The lowest BCUT2D eigenvalue weighted by Crippen LogP contribution is -2.57. The Bertz CT molecular complexity index is 1370. The molecule has 42 heavy (non-hydrogen) atoms. The van der Waals surface area contributed by atoms with Gasteiger partial charge in [-0.25, -0.2) is 4.39 Å². The number of unbranched alkanes of at least 4 members (excludes halogenated alkanes) is 3. The molecule has 3 amide bonds. The highest BCUT2D eigenvalue weighted by molar-refractivity contribution is 6.00. The van der Waals surface area contributed by atoms with E-state index in [0.717, 1.165) is 18.5 Å². The number of nitrogens with zero attached hydrogens (tertiary/aromatic N) is 3. The van der Waals surface area contributed by atoms with Crippen LogP contribution in [0.2, 0.25) is 0 Å². The Morgan fingerprint density at radius 2 is 1.57 bits per heavy atom. The van der Waals surface area contributed by atoms with Gasteiger partial charge >= 0.3 is 0 Å². The molecule has 5 rings (SSSR count). The van der Waals surface area contributed by atoms with E-state index in [0.29, 0.717) is 37.2 Å². The Labute approximate surface area is 247 Å². The van der Waals surface area contributed by atoms with Gasteiger partial charge in [0.25, 0.3) is 11.8 Å². The summed E-state index contributed by atoms with van der Waals surface area (Å²) in [6.45, 7) is 3.25. The van der Waals surface area contributed by atoms with Crippen LogP contribution in [0.1, 0.15) is 61.4 Å². The minimum Gasteiger partial charge on any atom is -0.339 e. The van der Waals surface area contributed by atoms with Gasteiger partial charge in [0, 0.05) is 30.0 Å². The van der Waals surface area contributed by atoms with Crippen LogP contribution < -0.4 is 10.2 Å². The summed E-state index contributed by atoms with van der Waals surface area (Å²) in [4.78, 5) is 45.7. The molecule has 8 heteroatoms. The third-order valence-corrected chi connectivity index (χ3v) is 8.44. The highest BCUT2D eigenvalue weighted by Gasteiger charge is 2.54. The molecule has 0 radical (unpaired) electrons. The summed E-state index contributed by atoms with van der Waals surface area (Å²) in [6.07, 6.45) is 6.81. The number of likely N-dealkylation sites (tertiary alicyclic amines) is 1. The van der Waals surface area contributed by atoms with Crippen LogP contribution in [0.4, 0.5) is 15.8 Å². The van der Waals surface area contributed by atoms with Crippen LogP contribution in [0, 0.1) is 5.82 Å². The number of hydrogen-bond donors (Lipinski definition) is 1. The SMILES string of the molecule is CCCCCCc1ccc(C(=O)N2CCC3(CC2)C(=O)N(CC(=O)Nc2ccc(F)cc2)CN3c2ccccc2)cc1. The summed E-state index contributed by atoms with van der Waals surface area (Å²) in [5.74, 6) is -0.862. The quantitative estimate of drug-likeness (QED) is 0.310. The fourth-order valence-electron chi connectivity index (χ4n) is 6.06. The van der Waals surface area contributed by atoms with Crippen LogP contribution >= 0.6 is 0 Å². The van der Waals surface area contributed by atoms with E-state index in [2.05, 4.69) is 29.3 Å². The lowest BCUT2D eigenvalue weighted by Gasteiger charge is -2.43. The second-order valence-corrected chi connectivity index (χ2v) is 11.3. The molecule has 1 spiro atoms. The lowest BCUT2D eigenvalue weighted by molar-refractivity contribution is -0.136.